The molecule has 0 aromatic heterocycles. The van der Waals surface area contributed by atoms with Gasteiger partial charge in [0, 0.05) is 15.0 Å². The molecule has 2 rings (SSSR count). The lowest BCUT2D eigenvalue weighted by atomic mass is 9.98. The summed E-state index contributed by atoms with van der Waals surface area (Å²) < 4.78 is 15.1. The summed E-state index contributed by atoms with van der Waals surface area (Å²) in [6.45, 7) is 2.03. The maximum atomic E-state index is 13.3. The van der Waals surface area contributed by atoms with E-state index < -0.39 is 0 Å². The fraction of sp³-hybridized carbons (Fsp3) is 0.200. The zero-order valence-corrected chi connectivity index (χ0v) is 13.6. The van der Waals surface area contributed by atoms with Crippen LogP contribution in [0.2, 0.25) is 0 Å². The summed E-state index contributed by atoms with van der Waals surface area (Å²) in [4.78, 5) is 0. The minimum Gasteiger partial charge on any atom is -0.324 e. The third-order valence-corrected chi connectivity index (χ3v) is 3.79. The van der Waals surface area contributed by atoms with Crippen molar-refractivity contribution < 1.29 is 4.39 Å². The van der Waals surface area contributed by atoms with Crippen molar-refractivity contribution in [3.8, 4) is 0 Å². The Hall–Kier alpha value is -0.710. The van der Waals surface area contributed by atoms with Crippen LogP contribution in [0.4, 0.5) is 4.39 Å². The van der Waals surface area contributed by atoms with Gasteiger partial charge in [-0.15, -0.1) is 0 Å². The normalized spacial score (nSPS) is 12.5. The van der Waals surface area contributed by atoms with Crippen LogP contribution in [0.1, 0.15) is 22.7 Å². The van der Waals surface area contributed by atoms with Crippen molar-refractivity contribution in [3.05, 3.63) is 67.9 Å². The number of benzene rings is 2. The summed E-state index contributed by atoms with van der Waals surface area (Å²) in [5.41, 5.74) is 9.29. The third-order valence-electron chi connectivity index (χ3n) is 2.87. The van der Waals surface area contributed by atoms with Crippen LogP contribution in [0, 0.1) is 12.7 Å². The Morgan fingerprint density at radius 3 is 2.37 bits per heavy atom. The highest BCUT2D eigenvalue weighted by molar-refractivity contribution is 9.10. The average molecular weight is 387 g/mol. The fourth-order valence-electron chi connectivity index (χ4n) is 2.08. The molecule has 0 spiro atoms. The van der Waals surface area contributed by atoms with Gasteiger partial charge >= 0.3 is 0 Å². The van der Waals surface area contributed by atoms with Crippen LogP contribution in [-0.2, 0) is 6.42 Å². The molecule has 2 aromatic rings. The lowest BCUT2D eigenvalue weighted by Crippen LogP contribution is -2.13. The number of rotatable bonds is 3. The number of aryl methyl sites for hydroxylation is 1. The first-order chi connectivity index (χ1) is 8.94. The average Bonchev–Trinajstić information content (AvgIpc) is 2.25. The lowest BCUT2D eigenvalue weighted by molar-refractivity contribution is 0.621. The molecule has 0 saturated heterocycles. The number of hydrogen-bond acceptors (Lipinski definition) is 1. The lowest BCUT2D eigenvalue weighted by Gasteiger charge is -2.14. The van der Waals surface area contributed by atoms with Crippen molar-refractivity contribution >= 4 is 31.9 Å². The summed E-state index contributed by atoms with van der Waals surface area (Å²) in [7, 11) is 0. The molecule has 0 saturated carbocycles. The van der Waals surface area contributed by atoms with E-state index in [9.17, 15) is 4.39 Å². The number of halogens is 3. The SMILES string of the molecule is Cc1cc(Br)cc(C(N)Cc2cc(F)cc(Br)c2)c1. The van der Waals surface area contributed by atoms with E-state index in [1.54, 1.807) is 0 Å². The fourth-order valence-corrected chi connectivity index (χ4v) is 3.22. The number of hydrogen-bond donors (Lipinski definition) is 1. The highest BCUT2D eigenvalue weighted by atomic mass is 79.9. The molecule has 0 aliphatic carbocycles. The van der Waals surface area contributed by atoms with Gasteiger partial charge in [-0.3, -0.25) is 0 Å². The van der Waals surface area contributed by atoms with Crippen LogP contribution >= 0.6 is 31.9 Å². The smallest absolute Gasteiger partial charge is 0.124 e. The minimum atomic E-state index is -0.248. The van der Waals surface area contributed by atoms with Crippen molar-refractivity contribution in [1.29, 1.82) is 0 Å². The largest absolute Gasteiger partial charge is 0.324 e. The Morgan fingerprint density at radius 1 is 1.05 bits per heavy atom. The van der Waals surface area contributed by atoms with E-state index in [4.69, 9.17) is 5.73 Å². The Morgan fingerprint density at radius 2 is 1.74 bits per heavy atom. The molecule has 0 heterocycles. The Bertz CT molecular complexity index is 558. The van der Waals surface area contributed by atoms with Crippen molar-refractivity contribution in [3.63, 3.8) is 0 Å². The Balaban J connectivity index is 2.22. The van der Waals surface area contributed by atoms with Crippen LogP contribution in [0.15, 0.2) is 45.3 Å². The first-order valence-electron chi connectivity index (χ1n) is 5.91. The molecule has 0 aliphatic heterocycles. The summed E-state index contributed by atoms with van der Waals surface area (Å²) in [5, 5.41) is 0. The van der Waals surface area contributed by atoms with Crippen LogP contribution in [0.5, 0.6) is 0 Å². The van der Waals surface area contributed by atoms with Gasteiger partial charge in [-0.05, 0) is 60.4 Å². The highest BCUT2D eigenvalue weighted by Gasteiger charge is 2.10. The first-order valence-corrected chi connectivity index (χ1v) is 7.50. The quantitative estimate of drug-likeness (QED) is 0.797. The van der Waals surface area contributed by atoms with Gasteiger partial charge in [-0.1, -0.05) is 37.9 Å². The second-order valence-electron chi connectivity index (χ2n) is 4.65. The maximum Gasteiger partial charge on any atom is 0.124 e. The van der Waals surface area contributed by atoms with Gasteiger partial charge in [0.2, 0.25) is 0 Å². The van der Waals surface area contributed by atoms with Gasteiger partial charge in [0.05, 0.1) is 0 Å². The van der Waals surface area contributed by atoms with Crippen molar-refractivity contribution in [1.82, 2.24) is 0 Å². The standard InChI is InChI=1S/C15H14Br2FN/c1-9-2-11(7-12(16)3-9)15(19)6-10-4-13(17)8-14(18)5-10/h2-5,7-8,15H,6,19H2,1H3. The summed E-state index contributed by atoms with van der Waals surface area (Å²) >= 11 is 6.76. The molecule has 2 aromatic carbocycles. The highest BCUT2D eigenvalue weighted by Crippen LogP contribution is 2.23. The summed E-state index contributed by atoms with van der Waals surface area (Å²) in [6, 6.07) is 10.8. The monoisotopic (exact) mass is 385 g/mol. The molecule has 0 aliphatic rings. The number of nitrogens with two attached hydrogens (primary N) is 1. The van der Waals surface area contributed by atoms with Gasteiger partial charge in [-0.25, -0.2) is 4.39 Å². The van der Waals surface area contributed by atoms with E-state index in [2.05, 4.69) is 37.9 Å². The van der Waals surface area contributed by atoms with Gasteiger partial charge in [-0.2, -0.15) is 0 Å². The van der Waals surface area contributed by atoms with Crippen LogP contribution in [-0.4, -0.2) is 0 Å². The van der Waals surface area contributed by atoms with E-state index >= 15 is 0 Å². The minimum absolute atomic E-state index is 0.148. The van der Waals surface area contributed by atoms with E-state index in [0.717, 1.165) is 25.6 Å². The van der Waals surface area contributed by atoms with Gasteiger partial charge in [0.15, 0.2) is 0 Å². The zero-order valence-electron chi connectivity index (χ0n) is 10.5. The molecule has 0 fully saturated rings. The van der Waals surface area contributed by atoms with E-state index in [-0.39, 0.29) is 11.9 Å². The van der Waals surface area contributed by atoms with E-state index in [1.165, 1.54) is 12.1 Å². The molecule has 1 nitrogen and oxygen atoms in total. The molecule has 0 bridgehead atoms. The molecular formula is C15H14Br2FN. The van der Waals surface area contributed by atoms with Gasteiger partial charge in [0.25, 0.3) is 0 Å². The first kappa shape index (κ1) is 14.7. The molecule has 1 unspecified atom stereocenters. The van der Waals surface area contributed by atoms with Crippen LogP contribution in [0.25, 0.3) is 0 Å². The molecule has 100 valence electrons. The molecule has 19 heavy (non-hydrogen) atoms. The predicted molar refractivity (Wildman–Crippen MR) is 83.6 cm³/mol. The van der Waals surface area contributed by atoms with Crippen molar-refractivity contribution in [2.24, 2.45) is 5.73 Å². The van der Waals surface area contributed by atoms with Crippen molar-refractivity contribution in [2.45, 2.75) is 19.4 Å². The van der Waals surface area contributed by atoms with E-state index in [1.807, 2.05) is 25.1 Å². The zero-order chi connectivity index (χ0) is 14.0. The molecular weight excluding hydrogens is 373 g/mol. The Kier molecular flexibility index (Phi) is 4.76. The van der Waals surface area contributed by atoms with Gasteiger partial charge < -0.3 is 5.73 Å². The second kappa shape index (κ2) is 6.16. The molecule has 0 radical (unpaired) electrons. The maximum absolute atomic E-state index is 13.3. The summed E-state index contributed by atoms with van der Waals surface area (Å²) in [6.07, 6.45) is 0.603. The summed E-state index contributed by atoms with van der Waals surface area (Å²) in [5.74, 6) is -0.248. The predicted octanol–water partition coefficient (Wildman–Crippen LogP) is 4.90. The second-order valence-corrected chi connectivity index (χ2v) is 6.48. The molecule has 4 heteroatoms. The van der Waals surface area contributed by atoms with Gasteiger partial charge in [0.1, 0.15) is 5.82 Å². The topological polar surface area (TPSA) is 26.0 Å². The Labute approximate surface area is 129 Å². The van der Waals surface area contributed by atoms with Crippen molar-refractivity contribution in [2.75, 3.05) is 0 Å². The third kappa shape index (κ3) is 4.13. The van der Waals surface area contributed by atoms with Crippen LogP contribution < -0.4 is 5.73 Å². The molecule has 1 atom stereocenters. The molecule has 0 amide bonds. The van der Waals surface area contributed by atoms with E-state index in [0.29, 0.717) is 6.42 Å². The van der Waals surface area contributed by atoms with Crippen LogP contribution in [0.3, 0.4) is 0 Å². The molecule has 2 N–H and O–H groups in total.